The Hall–Kier alpha value is -2.44. The number of benzene rings is 1. The van der Waals surface area contributed by atoms with Crippen LogP contribution in [0.25, 0.3) is 0 Å². The molecule has 0 radical (unpaired) electrons. The molecule has 0 fully saturated rings. The number of nitrogens with zero attached hydrogens (tertiary/aromatic N) is 3. The minimum absolute atomic E-state index is 0.691. The quantitative estimate of drug-likeness (QED) is 0.752. The smallest absolute Gasteiger partial charge is 0.0991 e. The van der Waals surface area contributed by atoms with Gasteiger partial charge in [-0.2, -0.15) is 5.26 Å². The fourth-order valence-corrected chi connectivity index (χ4v) is 2.06. The largest absolute Gasteiger partial charge is 0.291 e. The summed E-state index contributed by atoms with van der Waals surface area (Å²) in [6.45, 7) is 6.28. The highest BCUT2D eigenvalue weighted by atomic mass is 15.1. The van der Waals surface area contributed by atoms with Gasteiger partial charge in [0, 0.05) is 32.0 Å². The third-order valence-electron chi connectivity index (χ3n) is 3.01. The van der Waals surface area contributed by atoms with Crippen LogP contribution >= 0.6 is 0 Å². The van der Waals surface area contributed by atoms with Crippen LogP contribution in [-0.2, 0) is 13.1 Å². The first kappa shape index (κ1) is 14.0. The first-order valence-electron chi connectivity index (χ1n) is 6.53. The second-order valence-electron chi connectivity index (χ2n) is 4.63. The van der Waals surface area contributed by atoms with Gasteiger partial charge in [-0.05, 0) is 29.3 Å². The van der Waals surface area contributed by atoms with E-state index >= 15 is 0 Å². The lowest BCUT2D eigenvalue weighted by molar-refractivity contribution is 0.286. The molecule has 3 heteroatoms. The van der Waals surface area contributed by atoms with Crippen molar-refractivity contribution in [1.29, 1.82) is 5.26 Å². The van der Waals surface area contributed by atoms with Gasteiger partial charge in [-0.3, -0.25) is 9.88 Å². The van der Waals surface area contributed by atoms with Crippen molar-refractivity contribution in [3.63, 3.8) is 0 Å². The molecule has 1 aromatic heterocycles. The van der Waals surface area contributed by atoms with Gasteiger partial charge in [-0.25, -0.2) is 0 Å². The van der Waals surface area contributed by atoms with Crippen LogP contribution < -0.4 is 0 Å². The van der Waals surface area contributed by atoms with Gasteiger partial charge in [0.1, 0.15) is 0 Å². The van der Waals surface area contributed by atoms with Crippen molar-refractivity contribution in [3.8, 4) is 6.07 Å². The van der Waals surface area contributed by atoms with Crippen LogP contribution in [-0.4, -0.2) is 16.4 Å². The van der Waals surface area contributed by atoms with E-state index < -0.39 is 0 Å². The van der Waals surface area contributed by atoms with Crippen molar-refractivity contribution >= 4 is 0 Å². The van der Waals surface area contributed by atoms with Gasteiger partial charge in [-0.1, -0.05) is 24.3 Å². The topological polar surface area (TPSA) is 39.9 Å². The second-order valence-corrected chi connectivity index (χ2v) is 4.63. The maximum absolute atomic E-state index is 8.81. The van der Waals surface area contributed by atoms with Crippen LogP contribution in [0.1, 0.15) is 16.7 Å². The van der Waals surface area contributed by atoms with Gasteiger partial charge in [0.2, 0.25) is 0 Å². The number of pyridine rings is 1. The summed E-state index contributed by atoms with van der Waals surface area (Å²) in [5.74, 6) is 0. The van der Waals surface area contributed by atoms with Crippen molar-refractivity contribution < 1.29 is 0 Å². The molecule has 0 aliphatic heterocycles. The van der Waals surface area contributed by atoms with Crippen LogP contribution in [0.15, 0.2) is 61.4 Å². The minimum atomic E-state index is 0.691. The highest BCUT2D eigenvalue weighted by Gasteiger charge is 2.05. The molecule has 0 bridgehead atoms. The van der Waals surface area contributed by atoms with Crippen molar-refractivity contribution in [2.45, 2.75) is 13.1 Å². The molecule has 0 atom stereocenters. The molecule has 0 saturated carbocycles. The zero-order valence-electron chi connectivity index (χ0n) is 11.4. The number of aromatic nitrogens is 1. The average Bonchev–Trinajstić information content (AvgIpc) is 2.49. The summed E-state index contributed by atoms with van der Waals surface area (Å²) >= 11 is 0. The lowest BCUT2D eigenvalue weighted by Crippen LogP contribution is -2.22. The molecule has 3 nitrogen and oxygen atoms in total. The zero-order chi connectivity index (χ0) is 14.2. The van der Waals surface area contributed by atoms with Crippen LogP contribution in [0.4, 0.5) is 0 Å². The Morgan fingerprint density at radius 2 is 1.90 bits per heavy atom. The Bertz CT molecular complexity index is 582. The summed E-state index contributed by atoms with van der Waals surface area (Å²) in [6.07, 6.45) is 5.57. The van der Waals surface area contributed by atoms with Crippen molar-refractivity contribution in [2.75, 3.05) is 6.54 Å². The van der Waals surface area contributed by atoms with E-state index in [0.717, 1.165) is 19.6 Å². The summed E-state index contributed by atoms with van der Waals surface area (Å²) < 4.78 is 0. The van der Waals surface area contributed by atoms with Gasteiger partial charge in [0.25, 0.3) is 0 Å². The highest BCUT2D eigenvalue weighted by molar-refractivity contribution is 5.31. The molecular formula is C17H17N3. The first-order valence-corrected chi connectivity index (χ1v) is 6.53. The maximum Gasteiger partial charge on any atom is 0.0991 e. The van der Waals surface area contributed by atoms with Crippen molar-refractivity contribution in [2.24, 2.45) is 0 Å². The second kappa shape index (κ2) is 7.22. The Kier molecular flexibility index (Phi) is 5.05. The summed E-state index contributed by atoms with van der Waals surface area (Å²) in [6, 6.07) is 13.9. The average molecular weight is 263 g/mol. The number of nitriles is 1. The van der Waals surface area contributed by atoms with Crippen LogP contribution in [0, 0.1) is 11.3 Å². The molecule has 0 aliphatic rings. The summed E-state index contributed by atoms with van der Waals surface area (Å²) in [4.78, 5) is 6.42. The van der Waals surface area contributed by atoms with E-state index in [2.05, 4.69) is 28.6 Å². The fourth-order valence-electron chi connectivity index (χ4n) is 2.06. The minimum Gasteiger partial charge on any atom is -0.291 e. The molecule has 0 saturated heterocycles. The normalized spacial score (nSPS) is 10.2. The van der Waals surface area contributed by atoms with Crippen LogP contribution in [0.2, 0.25) is 0 Å². The summed E-state index contributed by atoms with van der Waals surface area (Å²) in [5, 5.41) is 8.81. The third-order valence-corrected chi connectivity index (χ3v) is 3.01. The molecule has 100 valence electrons. The molecule has 2 aromatic rings. The van der Waals surface area contributed by atoms with Gasteiger partial charge >= 0.3 is 0 Å². The SMILES string of the molecule is C=CCN(Cc1ccc(C#N)cc1)Cc1cccnc1. The van der Waals surface area contributed by atoms with Gasteiger partial charge in [0.05, 0.1) is 11.6 Å². The number of hydrogen-bond acceptors (Lipinski definition) is 3. The molecule has 0 amide bonds. The zero-order valence-corrected chi connectivity index (χ0v) is 11.4. The van der Waals surface area contributed by atoms with Crippen molar-refractivity contribution in [3.05, 3.63) is 78.1 Å². The van der Waals surface area contributed by atoms with E-state index in [0.29, 0.717) is 5.56 Å². The molecule has 0 N–H and O–H groups in total. The lowest BCUT2D eigenvalue weighted by Gasteiger charge is -2.20. The molecular weight excluding hydrogens is 246 g/mol. The summed E-state index contributed by atoms with van der Waals surface area (Å²) in [5.41, 5.74) is 3.06. The Morgan fingerprint density at radius 3 is 2.50 bits per heavy atom. The predicted molar refractivity (Wildman–Crippen MR) is 79.7 cm³/mol. The molecule has 1 aromatic carbocycles. The maximum atomic E-state index is 8.81. The van der Waals surface area contributed by atoms with Gasteiger partial charge in [0.15, 0.2) is 0 Å². The molecule has 0 unspecified atom stereocenters. The third kappa shape index (κ3) is 4.04. The van der Waals surface area contributed by atoms with E-state index in [1.54, 1.807) is 6.20 Å². The van der Waals surface area contributed by atoms with E-state index in [1.807, 2.05) is 42.6 Å². The van der Waals surface area contributed by atoms with Gasteiger partial charge < -0.3 is 0 Å². The Morgan fingerprint density at radius 1 is 1.15 bits per heavy atom. The molecule has 2 rings (SSSR count). The van der Waals surface area contributed by atoms with E-state index in [4.69, 9.17) is 5.26 Å². The highest BCUT2D eigenvalue weighted by Crippen LogP contribution is 2.10. The lowest BCUT2D eigenvalue weighted by atomic mass is 10.1. The molecule has 0 aliphatic carbocycles. The Balaban J connectivity index is 2.05. The molecule has 20 heavy (non-hydrogen) atoms. The fraction of sp³-hybridized carbons (Fsp3) is 0.176. The number of hydrogen-bond donors (Lipinski definition) is 0. The monoisotopic (exact) mass is 263 g/mol. The van der Waals surface area contributed by atoms with Crippen LogP contribution in [0.3, 0.4) is 0 Å². The molecule has 0 spiro atoms. The summed E-state index contributed by atoms with van der Waals surface area (Å²) in [7, 11) is 0. The van der Waals surface area contributed by atoms with E-state index in [1.165, 1.54) is 11.1 Å². The molecule has 1 heterocycles. The Labute approximate surface area is 119 Å². The van der Waals surface area contributed by atoms with Crippen molar-refractivity contribution in [1.82, 2.24) is 9.88 Å². The van der Waals surface area contributed by atoms with Gasteiger partial charge in [-0.15, -0.1) is 6.58 Å². The predicted octanol–water partition coefficient (Wildman–Crippen LogP) is 3.14. The van der Waals surface area contributed by atoms with Crippen LogP contribution in [0.5, 0.6) is 0 Å². The van der Waals surface area contributed by atoms with E-state index in [9.17, 15) is 0 Å². The first-order chi connectivity index (χ1) is 9.81. The number of rotatable bonds is 6. The van der Waals surface area contributed by atoms with E-state index in [-0.39, 0.29) is 0 Å². The standard InChI is InChI=1S/C17H17N3/c1-2-10-20(14-17-4-3-9-19-12-17)13-16-7-5-15(11-18)6-8-16/h2-9,12H,1,10,13-14H2.